The second kappa shape index (κ2) is 7.82. The average molecular weight is 196 g/mol. The van der Waals surface area contributed by atoms with E-state index < -0.39 is 0 Å². The molecular formula is C6H12OS3. The molecule has 0 spiro atoms. The fourth-order valence-corrected chi connectivity index (χ4v) is 2.22. The molecule has 1 nitrogen and oxygen atoms in total. The second-order valence-electron chi connectivity index (χ2n) is 1.68. The van der Waals surface area contributed by atoms with Gasteiger partial charge in [-0.3, -0.25) is 4.79 Å². The Balaban J connectivity index is 2.84. The van der Waals surface area contributed by atoms with Gasteiger partial charge in [-0.2, -0.15) is 24.4 Å². The fourth-order valence-electron chi connectivity index (χ4n) is 0.411. The van der Waals surface area contributed by atoms with Gasteiger partial charge in [0.15, 0.2) is 5.12 Å². The van der Waals surface area contributed by atoms with Crippen LogP contribution in [0.2, 0.25) is 0 Å². The van der Waals surface area contributed by atoms with Gasteiger partial charge < -0.3 is 0 Å². The van der Waals surface area contributed by atoms with Crippen LogP contribution in [0.4, 0.5) is 0 Å². The Hall–Kier alpha value is 0.720. The van der Waals surface area contributed by atoms with Gasteiger partial charge in [-0.1, -0.05) is 11.8 Å². The van der Waals surface area contributed by atoms with Crippen LogP contribution in [0.15, 0.2) is 0 Å². The van der Waals surface area contributed by atoms with Crippen LogP contribution in [0, 0.1) is 0 Å². The van der Waals surface area contributed by atoms with Crippen LogP contribution in [-0.4, -0.2) is 28.1 Å². The summed E-state index contributed by atoms with van der Waals surface area (Å²) < 4.78 is 0. The van der Waals surface area contributed by atoms with E-state index in [2.05, 4.69) is 12.6 Å². The normalized spacial score (nSPS) is 9.80. The highest BCUT2D eigenvalue weighted by molar-refractivity contribution is 8.14. The predicted octanol–water partition coefficient (Wildman–Crippen LogP) is 1.93. The molecule has 4 heteroatoms. The Morgan fingerprint density at radius 3 is 2.60 bits per heavy atom. The van der Waals surface area contributed by atoms with Crippen LogP contribution < -0.4 is 0 Å². The van der Waals surface area contributed by atoms with Crippen LogP contribution in [0.5, 0.6) is 0 Å². The molecule has 0 unspecified atom stereocenters. The molecule has 0 saturated heterocycles. The third kappa shape index (κ3) is 8.72. The van der Waals surface area contributed by atoms with Crippen LogP contribution in [0.3, 0.4) is 0 Å². The molecular weight excluding hydrogens is 184 g/mol. The second-order valence-corrected chi connectivity index (χ2v) is 4.62. The summed E-state index contributed by atoms with van der Waals surface area (Å²) in [4.78, 5) is 10.4. The van der Waals surface area contributed by atoms with E-state index in [1.165, 1.54) is 11.8 Å². The van der Waals surface area contributed by atoms with Crippen molar-refractivity contribution in [1.29, 1.82) is 0 Å². The molecule has 0 amide bonds. The largest absolute Gasteiger partial charge is 0.288 e. The van der Waals surface area contributed by atoms with Gasteiger partial charge >= 0.3 is 0 Å². The molecule has 0 aliphatic rings. The molecule has 0 atom stereocenters. The van der Waals surface area contributed by atoms with Crippen molar-refractivity contribution in [3.05, 3.63) is 0 Å². The van der Waals surface area contributed by atoms with E-state index >= 15 is 0 Å². The summed E-state index contributed by atoms with van der Waals surface area (Å²) in [5.41, 5.74) is 0. The van der Waals surface area contributed by atoms with E-state index in [4.69, 9.17) is 0 Å². The highest BCUT2D eigenvalue weighted by Crippen LogP contribution is 2.07. The van der Waals surface area contributed by atoms with Crippen molar-refractivity contribution in [2.45, 2.75) is 6.92 Å². The standard InChI is InChI=1S/C6H12OS3/c1-6(7)10-5-4-9-3-2-8/h8H,2-5H2,1H3. The molecule has 0 N–H and O–H groups in total. The first-order valence-electron chi connectivity index (χ1n) is 3.09. The molecule has 0 rings (SSSR count). The van der Waals surface area contributed by atoms with Crippen molar-refractivity contribution >= 4 is 41.3 Å². The van der Waals surface area contributed by atoms with Crippen LogP contribution >= 0.6 is 36.2 Å². The first-order valence-corrected chi connectivity index (χ1v) is 5.86. The number of thiol groups is 1. The highest BCUT2D eigenvalue weighted by atomic mass is 32.2. The van der Waals surface area contributed by atoms with Crippen molar-refractivity contribution in [2.75, 3.05) is 23.0 Å². The maximum atomic E-state index is 10.4. The number of hydrogen-bond donors (Lipinski definition) is 1. The minimum Gasteiger partial charge on any atom is -0.288 e. The third-order valence-electron chi connectivity index (χ3n) is 0.769. The number of carbonyl (C=O) groups is 1. The monoisotopic (exact) mass is 196 g/mol. The van der Waals surface area contributed by atoms with Gasteiger partial charge in [0.1, 0.15) is 0 Å². The van der Waals surface area contributed by atoms with E-state index in [9.17, 15) is 4.79 Å². The Labute approximate surface area is 76.1 Å². The summed E-state index contributed by atoms with van der Waals surface area (Å²) in [6.45, 7) is 1.61. The van der Waals surface area contributed by atoms with E-state index in [-0.39, 0.29) is 5.12 Å². The zero-order valence-electron chi connectivity index (χ0n) is 6.00. The lowest BCUT2D eigenvalue weighted by atomic mass is 10.9. The Bertz CT molecular complexity index is 95.0. The lowest BCUT2D eigenvalue weighted by Gasteiger charge is -1.95. The Morgan fingerprint density at radius 1 is 1.40 bits per heavy atom. The minimum atomic E-state index is 0.214. The molecule has 0 bridgehead atoms. The van der Waals surface area contributed by atoms with Gasteiger partial charge in [0.2, 0.25) is 0 Å². The van der Waals surface area contributed by atoms with Crippen molar-refractivity contribution in [3.63, 3.8) is 0 Å². The molecule has 0 aromatic rings. The lowest BCUT2D eigenvalue weighted by molar-refractivity contribution is -0.109. The number of hydrogen-bond acceptors (Lipinski definition) is 4. The zero-order chi connectivity index (χ0) is 7.82. The average Bonchev–Trinajstić information content (AvgIpc) is 1.87. The van der Waals surface area contributed by atoms with Gasteiger partial charge in [-0.15, -0.1) is 0 Å². The van der Waals surface area contributed by atoms with Crippen molar-refractivity contribution in [1.82, 2.24) is 0 Å². The minimum absolute atomic E-state index is 0.214. The maximum Gasteiger partial charge on any atom is 0.185 e. The molecule has 0 heterocycles. The number of thioether (sulfide) groups is 2. The van der Waals surface area contributed by atoms with Gasteiger partial charge in [-0.05, 0) is 5.75 Å². The van der Waals surface area contributed by atoms with Gasteiger partial charge in [0, 0.05) is 24.2 Å². The van der Waals surface area contributed by atoms with E-state index in [1.54, 1.807) is 6.92 Å². The molecule has 0 aliphatic carbocycles. The predicted molar refractivity (Wildman–Crippen MR) is 54.3 cm³/mol. The quantitative estimate of drug-likeness (QED) is 0.535. The van der Waals surface area contributed by atoms with Gasteiger partial charge in [0.25, 0.3) is 0 Å². The van der Waals surface area contributed by atoms with E-state index in [1.807, 2.05) is 11.8 Å². The SMILES string of the molecule is CC(=O)SCCSCCS. The molecule has 0 aromatic heterocycles. The lowest BCUT2D eigenvalue weighted by Crippen LogP contribution is -1.90. The molecule has 60 valence electrons. The van der Waals surface area contributed by atoms with Crippen LogP contribution in [0.1, 0.15) is 6.92 Å². The summed E-state index contributed by atoms with van der Waals surface area (Å²) in [5.74, 6) is 4.01. The van der Waals surface area contributed by atoms with Crippen LogP contribution in [0.25, 0.3) is 0 Å². The first-order chi connectivity index (χ1) is 4.77. The summed E-state index contributed by atoms with van der Waals surface area (Å²) in [5, 5.41) is 0.214. The molecule has 10 heavy (non-hydrogen) atoms. The summed E-state index contributed by atoms with van der Waals surface area (Å²) in [7, 11) is 0. The smallest absolute Gasteiger partial charge is 0.185 e. The van der Waals surface area contributed by atoms with Gasteiger partial charge in [-0.25, -0.2) is 0 Å². The van der Waals surface area contributed by atoms with Crippen molar-refractivity contribution in [2.24, 2.45) is 0 Å². The zero-order valence-corrected chi connectivity index (χ0v) is 8.53. The molecule has 0 saturated carbocycles. The maximum absolute atomic E-state index is 10.4. The van der Waals surface area contributed by atoms with E-state index in [0.29, 0.717) is 0 Å². The fraction of sp³-hybridized carbons (Fsp3) is 0.833. The van der Waals surface area contributed by atoms with Gasteiger partial charge in [0.05, 0.1) is 0 Å². The van der Waals surface area contributed by atoms with E-state index in [0.717, 1.165) is 23.0 Å². The summed E-state index contributed by atoms with van der Waals surface area (Å²) in [6, 6.07) is 0. The summed E-state index contributed by atoms with van der Waals surface area (Å²) >= 11 is 7.31. The first kappa shape index (κ1) is 10.7. The van der Waals surface area contributed by atoms with Crippen LogP contribution in [-0.2, 0) is 4.79 Å². The topological polar surface area (TPSA) is 17.1 Å². The number of rotatable bonds is 5. The summed E-state index contributed by atoms with van der Waals surface area (Å²) in [6.07, 6.45) is 0. The molecule has 0 radical (unpaired) electrons. The van der Waals surface area contributed by atoms with Crippen molar-refractivity contribution in [3.8, 4) is 0 Å². The van der Waals surface area contributed by atoms with Crippen molar-refractivity contribution < 1.29 is 4.79 Å². The molecule has 0 aliphatic heterocycles. The number of carbonyl (C=O) groups excluding carboxylic acids is 1. The molecule has 0 aromatic carbocycles. The Morgan fingerprint density at radius 2 is 2.10 bits per heavy atom. The molecule has 0 fully saturated rings. The Kier molecular flexibility index (Phi) is 8.39. The third-order valence-corrected chi connectivity index (χ3v) is 3.35. The highest BCUT2D eigenvalue weighted by Gasteiger charge is 1.92.